The number of rotatable bonds is 10. The van der Waals surface area contributed by atoms with Crippen LogP contribution in [0.5, 0.6) is 5.75 Å². The zero-order chi connectivity index (χ0) is 15.7. The zero-order valence-corrected chi connectivity index (χ0v) is 11.4. The number of hydrogen-bond acceptors (Lipinski definition) is 5. The van der Waals surface area contributed by atoms with Crippen molar-refractivity contribution >= 4 is 11.9 Å². The molecule has 1 aromatic rings. The van der Waals surface area contributed by atoms with Crippen molar-refractivity contribution in [1.82, 2.24) is 5.32 Å². The lowest BCUT2D eigenvalue weighted by Crippen LogP contribution is -2.42. The van der Waals surface area contributed by atoms with Gasteiger partial charge in [-0.2, -0.15) is 0 Å². The summed E-state index contributed by atoms with van der Waals surface area (Å²) >= 11 is 0. The smallest absolute Gasteiger partial charge is 0.320 e. The average Bonchev–Trinajstić information content (AvgIpc) is 2.45. The third kappa shape index (κ3) is 7.28. The Hall–Kier alpha value is -2.12. The van der Waals surface area contributed by atoms with Gasteiger partial charge in [-0.3, -0.25) is 9.59 Å². The average molecular weight is 297 g/mol. The van der Waals surface area contributed by atoms with Crippen LogP contribution in [0.3, 0.4) is 0 Å². The molecule has 0 aliphatic rings. The monoisotopic (exact) mass is 297 g/mol. The minimum Gasteiger partial charge on any atom is -0.491 e. The number of para-hydroxylation sites is 1. The van der Waals surface area contributed by atoms with Crippen molar-refractivity contribution < 1.29 is 29.6 Å². The van der Waals surface area contributed by atoms with E-state index in [1.165, 1.54) is 0 Å². The highest BCUT2D eigenvalue weighted by molar-refractivity contribution is 5.75. The minimum atomic E-state index is -1.15. The van der Waals surface area contributed by atoms with Crippen molar-refractivity contribution in [1.29, 1.82) is 0 Å². The summed E-state index contributed by atoms with van der Waals surface area (Å²) in [6.45, 7) is 0.0195. The summed E-state index contributed by atoms with van der Waals surface area (Å²) < 4.78 is 5.33. The predicted octanol–water partition coefficient (Wildman–Crippen LogP) is 0.334. The largest absolute Gasteiger partial charge is 0.491 e. The van der Waals surface area contributed by atoms with Gasteiger partial charge in [0, 0.05) is 13.0 Å². The molecule has 0 saturated heterocycles. The number of aliphatic hydroxyl groups excluding tert-OH is 1. The number of carboxylic acid groups (broad SMARTS) is 2. The molecule has 0 fully saturated rings. The Labute approximate surface area is 122 Å². The van der Waals surface area contributed by atoms with Gasteiger partial charge in [0.15, 0.2) is 0 Å². The first-order valence-corrected chi connectivity index (χ1v) is 6.53. The Kier molecular flexibility index (Phi) is 7.20. The number of ether oxygens (including phenoxy) is 1. The van der Waals surface area contributed by atoms with Crippen molar-refractivity contribution in [2.45, 2.75) is 25.0 Å². The zero-order valence-electron chi connectivity index (χ0n) is 11.4. The fourth-order valence-electron chi connectivity index (χ4n) is 1.63. The SMILES string of the molecule is O=C(O)CC[C@@H](NC[C@@H](O)COc1ccccc1)C(=O)O. The lowest BCUT2D eigenvalue weighted by molar-refractivity contribution is -0.140. The van der Waals surface area contributed by atoms with Crippen LogP contribution in [0.2, 0.25) is 0 Å². The molecule has 0 amide bonds. The lowest BCUT2D eigenvalue weighted by Gasteiger charge is -2.17. The van der Waals surface area contributed by atoms with Gasteiger partial charge in [-0.25, -0.2) is 0 Å². The number of hydrogen-bond donors (Lipinski definition) is 4. The Morgan fingerprint density at radius 3 is 2.43 bits per heavy atom. The molecular formula is C14H19NO6. The number of benzene rings is 1. The first-order valence-electron chi connectivity index (χ1n) is 6.53. The lowest BCUT2D eigenvalue weighted by atomic mass is 10.1. The van der Waals surface area contributed by atoms with Gasteiger partial charge in [0.05, 0.1) is 0 Å². The summed E-state index contributed by atoms with van der Waals surface area (Å²) in [6, 6.07) is 7.91. The second-order valence-corrected chi connectivity index (χ2v) is 4.51. The molecule has 0 saturated carbocycles. The van der Waals surface area contributed by atoms with Crippen molar-refractivity contribution in [2.24, 2.45) is 0 Å². The third-order valence-corrected chi connectivity index (χ3v) is 2.73. The summed E-state index contributed by atoms with van der Waals surface area (Å²) in [5, 5.41) is 29.8. The summed E-state index contributed by atoms with van der Waals surface area (Å²) in [5.41, 5.74) is 0. The Morgan fingerprint density at radius 2 is 1.86 bits per heavy atom. The Bertz CT molecular complexity index is 450. The molecular weight excluding hydrogens is 278 g/mol. The quantitative estimate of drug-likeness (QED) is 0.492. The molecule has 4 N–H and O–H groups in total. The molecule has 0 radical (unpaired) electrons. The van der Waals surface area contributed by atoms with E-state index >= 15 is 0 Å². The molecule has 0 aliphatic heterocycles. The van der Waals surface area contributed by atoms with Crippen molar-refractivity contribution in [3.8, 4) is 5.75 Å². The van der Waals surface area contributed by atoms with E-state index < -0.39 is 24.1 Å². The molecule has 0 heterocycles. The molecule has 2 atom stereocenters. The van der Waals surface area contributed by atoms with E-state index in [9.17, 15) is 14.7 Å². The maximum Gasteiger partial charge on any atom is 0.320 e. The number of carbonyl (C=O) groups is 2. The second-order valence-electron chi connectivity index (χ2n) is 4.51. The van der Waals surface area contributed by atoms with Gasteiger partial charge >= 0.3 is 11.9 Å². The summed E-state index contributed by atoms with van der Waals surface area (Å²) in [5.74, 6) is -1.60. The fraction of sp³-hybridized carbons (Fsp3) is 0.429. The van der Waals surface area contributed by atoms with Crippen LogP contribution in [0.15, 0.2) is 30.3 Å². The van der Waals surface area contributed by atoms with E-state index in [-0.39, 0.29) is 26.0 Å². The number of nitrogens with one attached hydrogen (secondary N) is 1. The second kappa shape index (κ2) is 8.93. The van der Waals surface area contributed by atoms with Crippen LogP contribution in [-0.4, -0.2) is 52.6 Å². The first kappa shape index (κ1) is 16.9. The molecule has 21 heavy (non-hydrogen) atoms. The van der Waals surface area contributed by atoms with Gasteiger partial charge in [0.1, 0.15) is 24.5 Å². The minimum absolute atomic E-state index is 0.00339. The van der Waals surface area contributed by atoms with Crippen LogP contribution in [0, 0.1) is 0 Å². The van der Waals surface area contributed by atoms with Crippen LogP contribution in [0.25, 0.3) is 0 Å². The molecule has 0 spiro atoms. The highest BCUT2D eigenvalue weighted by Crippen LogP contribution is 2.08. The summed E-state index contributed by atoms with van der Waals surface area (Å²) in [6.07, 6.45) is -1.19. The number of aliphatic carboxylic acids is 2. The Balaban J connectivity index is 2.30. The molecule has 1 rings (SSSR count). The van der Waals surface area contributed by atoms with Gasteiger partial charge in [-0.1, -0.05) is 18.2 Å². The third-order valence-electron chi connectivity index (χ3n) is 2.73. The van der Waals surface area contributed by atoms with E-state index in [4.69, 9.17) is 14.9 Å². The van der Waals surface area contributed by atoms with Crippen LogP contribution in [0.4, 0.5) is 0 Å². The summed E-state index contributed by atoms with van der Waals surface area (Å²) in [7, 11) is 0. The van der Waals surface area contributed by atoms with E-state index in [2.05, 4.69) is 5.32 Å². The maximum absolute atomic E-state index is 10.9. The first-order chi connectivity index (χ1) is 9.99. The van der Waals surface area contributed by atoms with E-state index in [0.29, 0.717) is 5.75 Å². The Morgan fingerprint density at radius 1 is 1.19 bits per heavy atom. The van der Waals surface area contributed by atoms with Crippen LogP contribution in [0.1, 0.15) is 12.8 Å². The van der Waals surface area contributed by atoms with Crippen molar-refractivity contribution in [2.75, 3.05) is 13.2 Å². The predicted molar refractivity (Wildman–Crippen MR) is 74.2 cm³/mol. The molecule has 0 unspecified atom stereocenters. The molecule has 0 aliphatic carbocycles. The standard InChI is InChI=1S/C14H19NO6/c16-10(9-21-11-4-2-1-3-5-11)8-15-12(14(19)20)6-7-13(17)18/h1-5,10,12,15-16H,6-9H2,(H,17,18)(H,19,20)/t10-,12-/m1/s1. The van der Waals surface area contributed by atoms with Crippen molar-refractivity contribution in [3.63, 3.8) is 0 Å². The molecule has 0 bridgehead atoms. The normalized spacial score (nSPS) is 13.4. The van der Waals surface area contributed by atoms with Gasteiger partial charge < -0.3 is 25.4 Å². The molecule has 7 heteroatoms. The molecule has 116 valence electrons. The number of carboxylic acids is 2. The molecule has 1 aromatic carbocycles. The van der Waals surface area contributed by atoms with Gasteiger partial charge in [0.2, 0.25) is 0 Å². The van der Waals surface area contributed by atoms with Gasteiger partial charge in [-0.05, 0) is 18.6 Å². The van der Waals surface area contributed by atoms with Crippen LogP contribution in [-0.2, 0) is 9.59 Å². The maximum atomic E-state index is 10.9. The van der Waals surface area contributed by atoms with E-state index in [0.717, 1.165) is 0 Å². The van der Waals surface area contributed by atoms with Gasteiger partial charge in [-0.15, -0.1) is 0 Å². The topological polar surface area (TPSA) is 116 Å². The van der Waals surface area contributed by atoms with Gasteiger partial charge in [0.25, 0.3) is 0 Å². The highest BCUT2D eigenvalue weighted by Gasteiger charge is 2.19. The van der Waals surface area contributed by atoms with Crippen LogP contribution >= 0.6 is 0 Å². The van der Waals surface area contributed by atoms with Crippen LogP contribution < -0.4 is 10.1 Å². The van der Waals surface area contributed by atoms with E-state index in [1.807, 2.05) is 6.07 Å². The van der Waals surface area contributed by atoms with E-state index in [1.54, 1.807) is 24.3 Å². The molecule has 0 aromatic heterocycles. The number of aliphatic hydroxyl groups is 1. The van der Waals surface area contributed by atoms with Crippen molar-refractivity contribution in [3.05, 3.63) is 30.3 Å². The molecule has 7 nitrogen and oxygen atoms in total. The summed E-state index contributed by atoms with van der Waals surface area (Å²) in [4.78, 5) is 21.4. The highest BCUT2D eigenvalue weighted by atomic mass is 16.5. The fourth-order valence-corrected chi connectivity index (χ4v) is 1.63.